The molecule has 6 heteroatoms. The van der Waals surface area contributed by atoms with Gasteiger partial charge in [0.15, 0.2) is 0 Å². The number of nitrogens with one attached hydrogen (secondary N) is 1. The number of nitrogens with two attached hydrogens (primary N) is 1. The number of methoxy groups -OCH3 is 1. The minimum atomic E-state index is -0.124. The molecule has 0 aliphatic heterocycles. The smallest absolute Gasteiger partial charge is 0.216 e. The molecule has 0 saturated carbocycles. The molecular weight excluding hydrogens is 254 g/mol. The Balaban J connectivity index is 2.38. The van der Waals surface area contributed by atoms with Crippen molar-refractivity contribution < 1.29 is 4.74 Å². The second-order valence-electron chi connectivity index (χ2n) is 4.35. The zero-order chi connectivity index (χ0) is 14.4. The fourth-order valence-electron chi connectivity index (χ4n) is 1.96. The van der Waals surface area contributed by atoms with Gasteiger partial charge >= 0.3 is 0 Å². The molecule has 1 unspecified atom stereocenters. The minimum absolute atomic E-state index is 0.124. The first-order valence-corrected chi connectivity index (χ1v) is 6.56. The maximum atomic E-state index is 5.98. The van der Waals surface area contributed by atoms with Crippen molar-refractivity contribution in [3.8, 4) is 5.88 Å². The highest BCUT2D eigenvalue weighted by molar-refractivity contribution is 5.44. The van der Waals surface area contributed by atoms with Gasteiger partial charge in [-0.15, -0.1) is 0 Å². The first-order chi connectivity index (χ1) is 9.76. The van der Waals surface area contributed by atoms with Gasteiger partial charge in [-0.05, 0) is 19.0 Å². The number of anilines is 1. The molecule has 0 aromatic carbocycles. The SMILES string of the molecule is CCCNC(c1cc(OC)ncn1)c1cccnc1N. The Morgan fingerprint density at radius 3 is 2.90 bits per heavy atom. The van der Waals surface area contributed by atoms with E-state index in [1.165, 1.54) is 6.33 Å². The van der Waals surface area contributed by atoms with Crippen LogP contribution in [0.4, 0.5) is 5.82 Å². The number of hydrogen-bond acceptors (Lipinski definition) is 6. The van der Waals surface area contributed by atoms with Crippen LogP contribution < -0.4 is 15.8 Å². The summed E-state index contributed by atoms with van der Waals surface area (Å²) >= 11 is 0. The standard InChI is InChI=1S/C14H19N5O/c1-3-6-16-13(10-5-4-7-17-14(10)15)11-8-12(20-2)19-9-18-11/h4-5,7-9,13,16H,3,6H2,1-2H3,(H2,15,17). The van der Waals surface area contributed by atoms with Crippen molar-refractivity contribution in [3.05, 3.63) is 42.0 Å². The molecule has 1 atom stereocenters. The predicted octanol–water partition coefficient (Wildman–Crippen LogP) is 1.55. The molecule has 0 aliphatic carbocycles. The fraction of sp³-hybridized carbons (Fsp3) is 0.357. The summed E-state index contributed by atoms with van der Waals surface area (Å²) in [5.41, 5.74) is 7.69. The third-order valence-electron chi connectivity index (χ3n) is 2.95. The van der Waals surface area contributed by atoms with Crippen LogP contribution in [-0.2, 0) is 0 Å². The molecule has 0 bridgehead atoms. The molecule has 2 aromatic rings. The third-order valence-corrected chi connectivity index (χ3v) is 2.95. The molecule has 2 heterocycles. The van der Waals surface area contributed by atoms with E-state index in [-0.39, 0.29) is 6.04 Å². The predicted molar refractivity (Wildman–Crippen MR) is 77.4 cm³/mol. The van der Waals surface area contributed by atoms with Crippen LogP contribution in [0.15, 0.2) is 30.7 Å². The molecular formula is C14H19N5O. The van der Waals surface area contributed by atoms with Gasteiger partial charge in [0.25, 0.3) is 0 Å². The van der Waals surface area contributed by atoms with Crippen molar-refractivity contribution >= 4 is 5.82 Å². The topological polar surface area (TPSA) is 86.0 Å². The largest absolute Gasteiger partial charge is 0.481 e. The van der Waals surface area contributed by atoms with Gasteiger partial charge in [0.05, 0.1) is 18.8 Å². The highest BCUT2D eigenvalue weighted by Crippen LogP contribution is 2.25. The lowest BCUT2D eigenvalue weighted by Crippen LogP contribution is -2.25. The van der Waals surface area contributed by atoms with Crippen molar-refractivity contribution in [2.75, 3.05) is 19.4 Å². The summed E-state index contributed by atoms with van der Waals surface area (Å²) in [6.07, 6.45) is 4.18. The number of hydrogen-bond donors (Lipinski definition) is 2. The van der Waals surface area contributed by atoms with Crippen molar-refractivity contribution in [1.82, 2.24) is 20.3 Å². The Kier molecular flexibility index (Phi) is 4.84. The van der Waals surface area contributed by atoms with Crippen molar-refractivity contribution in [1.29, 1.82) is 0 Å². The second-order valence-corrected chi connectivity index (χ2v) is 4.35. The molecule has 6 nitrogen and oxygen atoms in total. The highest BCUT2D eigenvalue weighted by Gasteiger charge is 2.18. The van der Waals surface area contributed by atoms with Crippen LogP contribution in [-0.4, -0.2) is 28.6 Å². The molecule has 0 saturated heterocycles. The van der Waals surface area contributed by atoms with Crippen LogP contribution >= 0.6 is 0 Å². The number of ether oxygens (including phenoxy) is 1. The zero-order valence-electron chi connectivity index (χ0n) is 11.7. The number of aromatic nitrogens is 3. The molecule has 3 N–H and O–H groups in total. The Morgan fingerprint density at radius 2 is 2.20 bits per heavy atom. The first-order valence-electron chi connectivity index (χ1n) is 6.56. The van der Waals surface area contributed by atoms with Crippen molar-refractivity contribution in [2.24, 2.45) is 0 Å². The Morgan fingerprint density at radius 1 is 1.35 bits per heavy atom. The van der Waals surface area contributed by atoms with Crippen molar-refractivity contribution in [2.45, 2.75) is 19.4 Å². The van der Waals surface area contributed by atoms with Gasteiger partial charge in [-0.1, -0.05) is 13.0 Å². The van der Waals surface area contributed by atoms with E-state index in [2.05, 4.69) is 27.2 Å². The molecule has 20 heavy (non-hydrogen) atoms. The van der Waals surface area contributed by atoms with Gasteiger partial charge in [0.1, 0.15) is 12.1 Å². The van der Waals surface area contributed by atoms with E-state index >= 15 is 0 Å². The Labute approximate surface area is 118 Å². The van der Waals surface area contributed by atoms with Crippen LogP contribution in [0.3, 0.4) is 0 Å². The van der Waals surface area contributed by atoms with Gasteiger partial charge < -0.3 is 15.8 Å². The first kappa shape index (κ1) is 14.2. The maximum absolute atomic E-state index is 5.98. The molecule has 0 amide bonds. The summed E-state index contributed by atoms with van der Waals surface area (Å²) in [5, 5.41) is 3.43. The molecule has 106 valence electrons. The molecule has 0 fully saturated rings. The molecule has 0 spiro atoms. The minimum Gasteiger partial charge on any atom is -0.481 e. The molecule has 2 aromatic heterocycles. The molecule has 2 rings (SSSR count). The van der Waals surface area contributed by atoms with Gasteiger partial charge in [-0.2, -0.15) is 0 Å². The molecule has 0 radical (unpaired) electrons. The van der Waals surface area contributed by atoms with Crippen LogP contribution in [0.1, 0.15) is 30.6 Å². The quantitative estimate of drug-likeness (QED) is 0.830. The Bertz CT molecular complexity index is 561. The maximum Gasteiger partial charge on any atom is 0.216 e. The van der Waals surface area contributed by atoms with Crippen molar-refractivity contribution in [3.63, 3.8) is 0 Å². The van der Waals surface area contributed by atoms with E-state index in [0.717, 1.165) is 24.2 Å². The summed E-state index contributed by atoms with van der Waals surface area (Å²) in [6, 6.07) is 5.50. The van der Waals surface area contributed by atoms with E-state index < -0.39 is 0 Å². The van der Waals surface area contributed by atoms with Crippen LogP contribution in [0.2, 0.25) is 0 Å². The van der Waals surface area contributed by atoms with E-state index in [0.29, 0.717) is 11.7 Å². The third kappa shape index (κ3) is 3.21. The number of rotatable bonds is 6. The molecule has 0 aliphatic rings. The van der Waals surface area contributed by atoms with Gasteiger partial charge in [0, 0.05) is 17.8 Å². The lowest BCUT2D eigenvalue weighted by molar-refractivity contribution is 0.394. The summed E-state index contributed by atoms with van der Waals surface area (Å²) in [4.78, 5) is 12.5. The van der Waals surface area contributed by atoms with Gasteiger partial charge in [-0.3, -0.25) is 0 Å². The van der Waals surface area contributed by atoms with Crippen LogP contribution in [0.25, 0.3) is 0 Å². The van der Waals surface area contributed by atoms with Crippen LogP contribution in [0, 0.1) is 0 Å². The second kappa shape index (κ2) is 6.81. The van der Waals surface area contributed by atoms with Gasteiger partial charge in [-0.25, -0.2) is 15.0 Å². The lowest BCUT2D eigenvalue weighted by atomic mass is 10.0. The summed E-state index contributed by atoms with van der Waals surface area (Å²) in [6.45, 7) is 2.96. The van der Waals surface area contributed by atoms with E-state index in [4.69, 9.17) is 10.5 Å². The van der Waals surface area contributed by atoms with Gasteiger partial charge in [0.2, 0.25) is 5.88 Å². The monoisotopic (exact) mass is 273 g/mol. The zero-order valence-corrected chi connectivity index (χ0v) is 11.7. The number of nitrogens with zero attached hydrogens (tertiary/aromatic N) is 3. The van der Waals surface area contributed by atoms with E-state index in [9.17, 15) is 0 Å². The summed E-state index contributed by atoms with van der Waals surface area (Å²) in [7, 11) is 1.58. The Hall–Kier alpha value is -2.21. The lowest BCUT2D eigenvalue weighted by Gasteiger charge is -2.19. The summed E-state index contributed by atoms with van der Waals surface area (Å²) < 4.78 is 5.15. The number of pyridine rings is 1. The van der Waals surface area contributed by atoms with Crippen LogP contribution in [0.5, 0.6) is 5.88 Å². The summed E-state index contributed by atoms with van der Waals surface area (Å²) in [5.74, 6) is 1.03. The highest BCUT2D eigenvalue weighted by atomic mass is 16.5. The van der Waals surface area contributed by atoms with E-state index in [1.54, 1.807) is 19.4 Å². The average Bonchev–Trinajstić information content (AvgIpc) is 2.49. The fourth-order valence-corrected chi connectivity index (χ4v) is 1.96. The van der Waals surface area contributed by atoms with E-state index in [1.807, 2.05) is 12.1 Å². The number of nitrogen functional groups attached to an aromatic ring is 1. The average molecular weight is 273 g/mol. The normalized spacial score (nSPS) is 12.1.